The van der Waals surface area contributed by atoms with E-state index >= 15 is 0 Å². The Labute approximate surface area is 156 Å². The molecule has 1 aromatic carbocycles. The van der Waals surface area contributed by atoms with Crippen LogP contribution in [0.1, 0.15) is 38.7 Å². The summed E-state index contributed by atoms with van der Waals surface area (Å²) in [7, 11) is 0. The number of hydrogen-bond donors (Lipinski definition) is 1. The van der Waals surface area contributed by atoms with Crippen molar-refractivity contribution >= 4 is 23.4 Å². The smallest absolute Gasteiger partial charge is 0.284 e. The highest BCUT2D eigenvalue weighted by Crippen LogP contribution is 2.29. The van der Waals surface area contributed by atoms with Gasteiger partial charge in [0.2, 0.25) is 5.91 Å². The summed E-state index contributed by atoms with van der Waals surface area (Å²) in [5.74, 6) is 1.07. The maximum absolute atomic E-state index is 12.6. The van der Waals surface area contributed by atoms with Crippen molar-refractivity contribution in [2.45, 2.75) is 43.6 Å². The molecule has 1 amide bonds. The zero-order chi connectivity index (χ0) is 18.5. The van der Waals surface area contributed by atoms with Gasteiger partial charge in [0.15, 0.2) is 5.76 Å². The summed E-state index contributed by atoms with van der Waals surface area (Å²) in [6.07, 6.45) is 2.55. The molecule has 0 fully saturated rings. The van der Waals surface area contributed by atoms with Crippen molar-refractivity contribution in [2.24, 2.45) is 0 Å². The van der Waals surface area contributed by atoms with Gasteiger partial charge in [-0.3, -0.25) is 4.79 Å². The van der Waals surface area contributed by atoms with Gasteiger partial charge in [0.25, 0.3) is 11.1 Å². The molecule has 0 saturated heterocycles. The molecule has 3 rings (SSSR count). The zero-order valence-electron chi connectivity index (χ0n) is 14.9. The number of aromatic nitrogens is 2. The van der Waals surface area contributed by atoms with Crippen LogP contribution in [0.2, 0.25) is 0 Å². The Morgan fingerprint density at radius 2 is 2.00 bits per heavy atom. The molecular weight excluding hydrogens is 350 g/mol. The minimum atomic E-state index is -0.384. The van der Waals surface area contributed by atoms with Crippen molar-refractivity contribution in [1.29, 1.82) is 0 Å². The lowest BCUT2D eigenvalue weighted by Gasteiger charge is -2.17. The third kappa shape index (κ3) is 4.16. The summed E-state index contributed by atoms with van der Waals surface area (Å²) in [4.78, 5) is 12.6. The van der Waals surface area contributed by atoms with E-state index in [0.29, 0.717) is 22.8 Å². The Kier molecular flexibility index (Phi) is 5.78. The number of hydrogen-bond acceptors (Lipinski definition) is 6. The molecule has 2 atom stereocenters. The predicted octanol–water partition coefficient (Wildman–Crippen LogP) is 4.96. The number of nitrogens with one attached hydrogen (secondary N) is 1. The second kappa shape index (κ2) is 8.23. The number of rotatable bonds is 7. The Hall–Kier alpha value is -2.54. The van der Waals surface area contributed by atoms with Gasteiger partial charge in [0.05, 0.1) is 11.5 Å². The van der Waals surface area contributed by atoms with Gasteiger partial charge < -0.3 is 14.2 Å². The molecule has 0 radical (unpaired) electrons. The van der Waals surface area contributed by atoms with Gasteiger partial charge in [-0.2, -0.15) is 0 Å². The molecule has 0 bridgehead atoms. The van der Waals surface area contributed by atoms with Gasteiger partial charge in [-0.15, -0.1) is 10.2 Å². The minimum Gasteiger partial charge on any atom is -0.459 e. The number of nitrogens with zero attached hydrogens (tertiary/aromatic N) is 2. The van der Waals surface area contributed by atoms with E-state index in [1.165, 1.54) is 18.0 Å². The Morgan fingerprint density at radius 3 is 2.73 bits per heavy atom. The van der Waals surface area contributed by atoms with Crippen LogP contribution in [0.5, 0.6) is 0 Å². The first-order valence-electron chi connectivity index (χ1n) is 8.52. The van der Waals surface area contributed by atoms with Crippen LogP contribution in [0.25, 0.3) is 11.7 Å². The van der Waals surface area contributed by atoms with Gasteiger partial charge >= 0.3 is 0 Å². The van der Waals surface area contributed by atoms with E-state index in [0.717, 1.165) is 17.7 Å². The first kappa shape index (κ1) is 18.3. The van der Waals surface area contributed by atoms with E-state index in [-0.39, 0.29) is 11.2 Å². The number of benzene rings is 1. The van der Waals surface area contributed by atoms with Crippen LogP contribution in [0, 0.1) is 0 Å². The van der Waals surface area contributed by atoms with E-state index in [1.807, 2.05) is 25.1 Å². The number of furan rings is 1. The van der Waals surface area contributed by atoms with Crippen LogP contribution in [0.4, 0.5) is 5.69 Å². The van der Waals surface area contributed by atoms with Gasteiger partial charge in [-0.25, -0.2) is 0 Å². The van der Waals surface area contributed by atoms with Crippen molar-refractivity contribution in [3.63, 3.8) is 0 Å². The summed E-state index contributed by atoms with van der Waals surface area (Å²) in [5, 5.41) is 10.9. The van der Waals surface area contributed by atoms with Crippen LogP contribution in [0.3, 0.4) is 0 Å². The lowest BCUT2D eigenvalue weighted by molar-refractivity contribution is -0.115. The lowest BCUT2D eigenvalue weighted by Crippen LogP contribution is -2.23. The Morgan fingerprint density at radius 1 is 1.19 bits per heavy atom. The quantitative estimate of drug-likeness (QED) is 0.591. The molecule has 7 heteroatoms. The second-order valence-corrected chi connectivity index (χ2v) is 7.29. The molecule has 0 aliphatic rings. The molecule has 0 aliphatic heterocycles. The number of carbonyl (C=O) groups is 1. The molecule has 2 aromatic heterocycles. The highest BCUT2D eigenvalue weighted by molar-refractivity contribution is 8.00. The maximum atomic E-state index is 12.6. The largest absolute Gasteiger partial charge is 0.459 e. The van der Waals surface area contributed by atoms with Gasteiger partial charge in [-0.1, -0.05) is 43.8 Å². The van der Waals surface area contributed by atoms with Crippen molar-refractivity contribution < 1.29 is 13.6 Å². The average molecular weight is 371 g/mol. The van der Waals surface area contributed by atoms with Crippen molar-refractivity contribution in [3.05, 3.63) is 48.2 Å². The molecule has 1 N–H and O–H groups in total. The van der Waals surface area contributed by atoms with E-state index < -0.39 is 0 Å². The highest BCUT2D eigenvalue weighted by atomic mass is 32.2. The second-order valence-electron chi connectivity index (χ2n) is 6.00. The summed E-state index contributed by atoms with van der Waals surface area (Å²) < 4.78 is 10.8. The Balaban J connectivity index is 1.66. The average Bonchev–Trinajstić information content (AvgIpc) is 3.33. The summed E-state index contributed by atoms with van der Waals surface area (Å²) in [5.41, 5.74) is 1.99. The summed E-state index contributed by atoms with van der Waals surface area (Å²) in [6.45, 7) is 6.09. The number of amides is 1. The fraction of sp³-hybridized carbons (Fsp3) is 0.316. The van der Waals surface area contributed by atoms with Crippen LogP contribution < -0.4 is 5.32 Å². The van der Waals surface area contributed by atoms with Crippen LogP contribution >= 0.6 is 11.8 Å². The third-order valence-corrected chi connectivity index (χ3v) is 5.08. The monoisotopic (exact) mass is 371 g/mol. The van der Waals surface area contributed by atoms with Gasteiger partial charge in [0.1, 0.15) is 0 Å². The number of thioether (sulfide) groups is 1. The minimum absolute atomic E-state index is 0.108. The van der Waals surface area contributed by atoms with E-state index in [4.69, 9.17) is 8.83 Å². The molecule has 26 heavy (non-hydrogen) atoms. The highest BCUT2D eigenvalue weighted by Gasteiger charge is 2.20. The lowest BCUT2D eigenvalue weighted by atomic mass is 9.97. The first-order chi connectivity index (χ1) is 12.6. The third-order valence-electron chi connectivity index (χ3n) is 4.15. The van der Waals surface area contributed by atoms with Crippen molar-refractivity contribution in [2.75, 3.05) is 5.32 Å². The number of para-hydroxylation sites is 1. The molecular formula is C19H21N3O3S. The molecule has 136 valence electrons. The van der Waals surface area contributed by atoms with Gasteiger partial charge in [-0.05, 0) is 43.0 Å². The van der Waals surface area contributed by atoms with Gasteiger partial charge in [0, 0.05) is 5.69 Å². The summed E-state index contributed by atoms with van der Waals surface area (Å²) >= 11 is 1.22. The number of carbonyl (C=O) groups excluding carboxylic acids is 1. The molecule has 6 nitrogen and oxygen atoms in total. The Bertz CT molecular complexity index is 861. The standard InChI is InChI=1S/C19H21N3O3S/c1-4-12(2)14-8-5-6-9-15(14)20-17(23)13(3)26-19-22-21-18(25-19)16-10-7-11-24-16/h5-13H,4H2,1-3H3,(H,20,23)/t12-,13+/m0/s1. The summed E-state index contributed by atoms with van der Waals surface area (Å²) in [6, 6.07) is 11.4. The fourth-order valence-electron chi connectivity index (χ4n) is 2.46. The zero-order valence-corrected chi connectivity index (χ0v) is 15.7. The van der Waals surface area contributed by atoms with Crippen LogP contribution in [-0.2, 0) is 4.79 Å². The van der Waals surface area contributed by atoms with Crippen molar-refractivity contribution in [3.8, 4) is 11.7 Å². The molecule has 3 aromatic rings. The van der Waals surface area contributed by atoms with Crippen molar-refractivity contribution in [1.82, 2.24) is 10.2 Å². The molecule has 0 aliphatic carbocycles. The van der Waals surface area contributed by atoms with Crippen LogP contribution in [0.15, 0.2) is 56.7 Å². The maximum Gasteiger partial charge on any atom is 0.284 e. The fourth-order valence-corrected chi connectivity index (χ4v) is 3.14. The normalized spacial score (nSPS) is 13.3. The molecule has 0 saturated carbocycles. The van der Waals surface area contributed by atoms with E-state index in [1.54, 1.807) is 12.1 Å². The topological polar surface area (TPSA) is 81.2 Å². The van der Waals surface area contributed by atoms with E-state index in [2.05, 4.69) is 35.4 Å². The molecule has 0 spiro atoms. The van der Waals surface area contributed by atoms with E-state index in [9.17, 15) is 4.79 Å². The SMILES string of the molecule is CC[C@H](C)c1ccccc1NC(=O)[C@@H](C)Sc1nnc(-c2ccco2)o1. The predicted molar refractivity (Wildman–Crippen MR) is 101 cm³/mol. The molecule has 0 unspecified atom stereocenters. The number of anilines is 1. The molecule has 2 heterocycles. The first-order valence-corrected chi connectivity index (χ1v) is 9.40. The van der Waals surface area contributed by atoms with Crippen LogP contribution in [-0.4, -0.2) is 21.4 Å².